The minimum absolute atomic E-state index is 0.0313. The predicted molar refractivity (Wildman–Crippen MR) is 77.3 cm³/mol. The minimum atomic E-state index is -0.602. The first kappa shape index (κ1) is 14.6. The van der Waals surface area contributed by atoms with Crippen molar-refractivity contribution in [3.8, 4) is 5.75 Å². The molecule has 1 N–H and O–H groups in total. The molecule has 4 nitrogen and oxygen atoms in total. The largest absolute Gasteiger partial charge is 0.476 e. The summed E-state index contributed by atoms with van der Waals surface area (Å²) in [5, 5.41) is 3.59. The Hall–Kier alpha value is -1.30. The lowest BCUT2D eigenvalue weighted by atomic mass is 10.0. The van der Waals surface area contributed by atoms with Crippen molar-refractivity contribution >= 4 is 23.2 Å². The fourth-order valence-corrected chi connectivity index (χ4v) is 2.94. The summed E-state index contributed by atoms with van der Waals surface area (Å²) in [6.45, 7) is 1.63. The van der Waals surface area contributed by atoms with E-state index < -0.39 is 11.9 Å². The zero-order chi connectivity index (χ0) is 14.8. The van der Waals surface area contributed by atoms with Crippen LogP contribution in [0.1, 0.15) is 18.4 Å². The van der Waals surface area contributed by atoms with Crippen LogP contribution in [0, 0.1) is 11.7 Å². The van der Waals surface area contributed by atoms with Crippen LogP contribution in [0.4, 0.5) is 4.39 Å². The van der Waals surface area contributed by atoms with E-state index in [4.69, 9.17) is 32.4 Å². The molecule has 112 valence electrons. The van der Waals surface area contributed by atoms with E-state index in [1.54, 1.807) is 0 Å². The van der Waals surface area contributed by atoms with Crippen molar-refractivity contribution in [1.29, 1.82) is 0 Å². The van der Waals surface area contributed by atoms with Gasteiger partial charge in [0.1, 0.15) is 6.26 Å². The van der Waals surface area contributed by atoms with Gasteiger partial charge in [-0.3, -0.25) is 0 Å². The third-order valence-corrected chi connectivity index (χ3v) is 3.93. The molecular weight excluding hydrogens is 318 g/mol. The van der Waals surface area contributed by atoms with Gasteiger partial charge >= 0.3 is 0 Å². The summed E-state index contributed by atoms with van der Waals surface area (Å²) in [5.74, 6) is -0.0879. The first-order valence-electron chi connectivity index (χ1n) is 6.56. The first-order valence-corrected chi connectivity index (χ1v) is 7.32. The average Bonchev–Trinajstić information content (AvgIpc) is 3.11. The molecule has 21 heavy (non-hydrogen) atoms. The Kier molecular flexibility index (Phi) is 4.33. The topological polar surface area (TPSA) is 47.3 Å². The third-order valence-electron chi connectivity index (χ3n) is 3.43. The Labute approximate surface area is 131 Å². The molecule has 1 aliphatic heterocycles. The van der Waals surface area contributed by atoms with Crippen LogP contribution >= 0.6 is 23.2 Å². The summed E-state index contributed by atoms with van der Waals surface area (Å²) < 4.78 is 25.2. The number of rotatable bonds is 4. The first-order chi connectivity index (χ1) is 10.1. The number of hydrogen-bond donors (Lipinski definition) is 1. The van der Waals surface area contributed by atoms with Crippen molar-refractivity contribution in [3.63, 3.8) is 0 Å². The van der Waals surface area contributed by atoms with Crippen molar-refractivity contribution in [2.75, 3.05) is 13.1 Å². The lowest BCUT2D eigenvalue weighted by Gasteiger charge is -2.22. The van der Waals surface area contributed by atoms with E-state index in [0.29, 0.717) is 5.89 Å². The maximum absolute atomic E-state index is 14.0. The zero-order valence-corrected chi connectivity index (χ0v) is 12.5. The van der Waals surface area contributed by atoms with E-state index in [2.05, 4.69) is 10.3 Å². The molecule has 1 aromatic carbocycles. The van der Waals surface area contributed by atoms with Gasteiger partial charge in [0.25, 0.3) is 0 Å². The highest BCUT2D eigenvalue weighted by Gasteiger charge is 2.32. The van der Waals surface area contributed by atoms with Crippen LogP contribution < -0.4 is 10.1 Å². The number of nitrogens with zero attached hydrogens (tertiary/aromatic N) is 1. The van der Waals surface area contributed by atoms with E-state index in [0.717, 1.165) is 19.5 Å². The molecule has 0 radical (unpaired) electrons. The fraction of sp³-hybridized carbons (Fsp3) is 0.357. The molecule has 2 atom stereocenters. The van der Waals surface area contributed by atoms with Gasteiger partial charge in [0.2, 0.25) is 5.89 Å². The maximum atomic E-state index is 14.0. The monoisotopic (exact) mass is 330 g/mol. The van der Waals surface area contributed by atoms with Crippen LogP contribution in [0.25, 0.3) is 0 Å². The van der Waals surface area contributed by atoms with Crippen LogP contribution in [0.2, 0.25) is 10.0 Å². The van der Waals surface area contributed by atoms with E-state index in [-0.39, 0.29) is 21.7 Å². The van der Waals surface area contributed by atoms with Crippen LogP contribution in [-0.2, 0) is 0 Å². The van der Waals surface area contributed by atoms with Gasteiger partial charge in [-0.25, -0.2) is 9.37 Å². The average molecular weight is 331 g/mol. The summed E-state index contributed by atoms with van der Waals surface area (Å²) in [7, 11) is 0. The summed E-state index contributed by atoms with van der Waals surface area (Å²) in [6.07, 6.45) is 3.39. The lowest BCUT2D eigenvalue weighted by Crippen LogP contribution is -2.22. The molecule has 1 aromatic heterocycles. The van der Waals surface area contributed by atoms with Gasteiger partial charge < -0.3 is 14.5 Å². The van der Waals surface area contributed by atoms with E-state index in [9.17, 15) is 4.39 Å². The molecule has 0 saturated carbocycles. The summed E-state index contributed by atoms with van der Waals surface area (Å²) in [5.41, 5.74) is 0. The summed E-state index contributed by atoms with van der Waals surface area (Å²) >= 11 is 11.8. The van der Waals surface area contributed by atoms with Crippen LogP contribution in [0.15, 0.2) is 29.0 Å². The quantitative estimate of drug-likeness (QED) is 0.924. The van der Waals surface area contributed by atoms with Crippen LogP contribution in [0.3, 0.4) is 0 Å². The van der Waals surface area contributed by atoms with Gasteiger partial charge in [0.15, 0.2) is 17.7 Å². The second-order valence-electron chi connectivity index (χ2n) is 4.86. The molecule has 0 amide bonds. The third kappa shape index (κ3) is 3.15. The van der Waals surface area contributed by atoms with Gasteiger partial charge in [-0.2, -0.15) is 0 Å². The highest BCUT2D eigenvalue weighted by atomic mass is 35.5. The van der Waals surface area contributed by atoms with Crippen molar-refractivity contribution in [3.05, 3.63) is 46.3 Å². The zero-order valence-electron chi connectivity index (χ0n) is 11.0. The fourth-order valence-electron chi connectivity index (χ4n) is 2.43. The minimum Gasteiger partial charge on any atom is -0.476 e. The molecule has 0 bridgehead atoms. The smallest absolute Gasteiger partial charge is 0.235 e. The maximum Gasteiger partial charge on any atom is 0.235 e. The van der Waals surface area contributed by atoms with Crippen molar-refractivity contribution in [1.82, 2.24) is 10.3 Å². The number of aromatic nitrogens is 1. The molecule has 1 saturated heterocycles. The molecule has 7 heteroatoms. The molecule has 1 fully saturated rings. The van der Waals surface area contributed by atoms with Gasteiger partial charge in [0, 0.05) is 17.5 Å². The lowest BCUT2D eigenvalue weighted by molar-refractivity contribution is 0.109. The Morgan fingerprint density at radius 1 is 1.43 bits per heavy atom. The summed E-state index contributed by atoms with van der Waals surface area (Å²) in [6, 6.07) is 2.61. The Balaban J connectivity index is 1.91. The molecule has 0 aliphatic carbocycles. The Morgan fingerprint density at radius 3 is 2.90 bits per heavy atom. The van der Waals surface area contributed by atoms with Crippen LogP contribution in [0.5, 0.6) is 5.75 Å². The Bertz CT molecular complexity index is 592. The molecular formula is C14H13Cl2FN2O2. The normalized spacial score (nSPS) is 19.7. The molecule has 1 aliphatic rings. The molecule has 2 aromatic rings. The van der Waals surface area contributed by atoms with E-state index in [1.165, 1.54) is 24.6 Å². The van der Waals surface area contributed by atoms with Crippen molar-refractivity contribution in [2.45, 2.75) is 12.5 Å². The standard InChI is InChI=1S/C14H13Cl2FN2O2/c15-9-5-10(16)13(11(17)6-9)21-12(8-1-2-18-7-8)14-19-3-4-20-14/h3-6,8,12,18H,1-2,7H2/t8-,12?/m0/s1. The number of hydrogen-bond acceptors (Lipinski definition) is 4. The predicted octanol–water partition coefficient (Wildman–Crippen LogP) is 3.85. The highest BCUT2D eigenvalue weighted by Crippen LogP contribution is 2.37. The van der Waals surface area contributed by atoms with Crippen molar-refractivity contribution in [2.24, 2.45) is 5.92 Å². The van der Waals surface area contributed by atoms with Crippen molar-refractivity contribution < 1.29 is 13.5 Å². The number of benzene rings is 1. The highest BCUT2D eigenvalue weighted by molar-refractivity contribution is 6.35. The number of nitrogens with one attached hydrogen (secondary N) is 1. The SMILES string of the molecule is Fc1cc(Cl)cc(Cl)c1OC(c1ncco1)[C@H]1CCNC1. The molecule has 3 rings (SSSR count). The molecule has 1 unspecified atom stereocenters. The second-order valence-corrected chi connectivity index (χ2v) is 5.70. The molecule has 2 heterocycles. The number of ether oxygens (including phenoxy) is 1. The van der Waals surface area contributed by atoms with E-state index in [1.807, 2.05) is 0 Å². The molecule has 0 spiro atoms. The number of oxazole rings is 1. The Morgan fingerprint density at radius 2 is 2.29 bits per heavy atom. The van der Waals surface area contributed by atoms with Gasteiger partial charge in [-0.1, -0.05) is 23.2 Å². The summed E-state index contributed by atoms with van der Waals surface area (Å²) in [4.78, 5) is 4.12. The second kappa shape index (κ2) is 6.22. The van der Waals surface area contributed by atoms with Gasteiger partial charge in [-0.15, -0.1) is 0 Å². The van der Waals surface area contributed by atoms with Gasteiger partial charge in [-0.05, 0) is 25.1 Å². The van der Waals surface area contributed by atoms with Gasteiger partial charge in [0.05, 0.1) is 11.2 Å². The van der Waals surface area contributed by atoms with E-state index >= 15 is 0 Å². The number of halogens is 3. The van der Waals surface area contributed by atoms with Crippen LogP contribution in [-0.4, -0.2) is 18.1 Å².